The van der Waals surface area contributed by atoms with Crippen molar-refractivity contribution >= 4 is 28.9 Å². The summed E-state index contributed by atoms with van der Waals surface area (Å²) in [6.07, 6.45) is 1.82. The van der Waals surface area contributed by atoms with Gasteiger partial charge >= 0.3 is 0 Å². The SMILES string of the molecule is CCC(C)OP([O-])(=S)SC(C)CC.[Zn]. The van der Waals surface area contributed by atoms with E-state index in [0.29, 0.717) is 5.25 Å². The van der Waals surface area contributed by atoms with Gasteiger partial charge in [-0.2, -0.15) is 0 Å². The van der Waals surface area contributed by atoms with Crippen molar-refractivity contribution in [3.8, 4) is 0 Å². The van der Waals surface area contributed by atoms with E-state index in [1.807, 2.05) is 20.8 Å². The smallest absolute Gasteiger partial charge is 0.0591 e. The molecule has 0 aromatic rings. The summed E-state index contributed by atoms with van der Waals surface area (Å²) in [5, 5.41) is 0.312. The van der Waals surface area contributed by atoms with E-state index in [0.717, 1.165) is 12.8 Å². The van der Waals surface area contributed by atoms with Gasteiger partial charge in [-0.05, 0) is 19.8 Å². The Morgan fingerprint density at radius 1 is 1.36 bits per heavy atom. The van der Waals surface area contributed by atoms with Gasteiger partial charge < -0.3 is 9.42 Å². The van der Waals surface area contributed by atoms with E-state index in [-0.39, 0.29) is 25.6 Å². The van der Waals surface area contributed by atoms with Gasteiger partial charge in [0, 0.05) is 30.4 Å². The summed E-state index contributed by atoms with van der Waals surface area (Å²) in [5.41, 5.74) is -2.84. The Morgan fingerprint density at radius 2 is 1.86 bits per heavy atom. The molecule has 3 unspecified atom stereocenters. The van der Waals surface area contributed by atoms with Crippen LogP contribution in [0.2, 0.25) is 0 Å². The summed E-state index contributed by atoms with van der Waals surface area (Å²) in [5.74, 6) is 0. The summed E-state index contributed by atoms with van der Waals surface area (Å²) < 4.78 is 5.29. The summed E-state index contributed by atoms with van der Waals surface area (Å²) in [4.78, 5) is 11.7. The Kier molecular flexibility index (Phi) is 11.1. The van der Waals surface area contributed by atoms with Gasteiger partial charge in [-0.25, -0.2) is 0 Å². The molecule has 0 radical (unpaired) electrons. The van der Waals surface area contributed by atoms with Crippen molar-refractivity contribution in [1.29, 1.82) is 0 Å². The second-order valence-electron chi connectivity index (χ2n) is 3.10. The maximum atomic E-state index is 11.7. The van der Waals surface area contributed by atoms with Gasteiger partial charge in [0.05, 0.1) is 6.10 Å². The maximum Gasteiger partial charge on any atom is 0.0591 e. The molecule has 0 saturated carbocycles. The Labute approximate surface area is 109 Å². The van der Waals surface area contributed by atoms with Crippen LogP contribution in [0.15, 0.2) is 0 Å². The average Bonchev–Trinajstić information content (AvgIpc) is 2.02. The molecule has 2 nitrogen and oxygen atoms in total. The third-order valence-electron chi connectivity index (χ3n) is 1.77. The zero-order valence-corrected chi connectivity index (χ0v) is 14.9. The molecule has 0 fully saturated rings. The Hall–Kier alpha value is 1.54. The molecule has 0 N–H and O–H groups in total. The molecule has 14 heavy (non-hydrogen) atoms. The van der Waals surface area contributed by atoms with Gasteiger partial charge in [0.2, 0.25) is 0 Å². The molecule has 0 aromatic carbocycles. The summed E-state index contributed by atoms with van der Waals surface area (Å²) in [7, 11) is 0. The Bertz CT molecular complexity index is 176. The minimum Gasteiger partial charge on any atom is -0.793 e. The van der Waals surface area contributed by atoms with E-state index in [1.165, 1.54) is 11.4 Å². The molecule has 0 spiro atoms. The van der Waals surface area contributed by atoms with Crippen molar-refractivity contribution in [3.63, 3.8) is 0 Å². The van der Waals surface area contributed by atoms with E-state index in [1.54, 1.807) is 0 Å². The molecule has 82 valence electrons. The van der Waals surface area contributed by atoms with Crippen molar-refractivity contribution in [2.24, 2.45) is 0 Å². The third kappa shape index (κ3) is 8.82. The summed E-state index contributed by atoms with van der Waals surface area (Å²) >= 11 is 6.22. The topological polar surface area (TPSA) is 32.3 Å². The van der Waals surface area contributed by atoms with Crippen LogP contribution < -0.4 is 4.89 Å². The fourth-order valence-corrected chi connectivity index (χ4v) is 5.97. The van der Waals surface area contributed by atoms with E-state index in [2.05, 4.69) is 6.92 Å². The van der Waals surface area contributed by atoms with E-state index < -0.39 is 5.69 Å². The number of hydrogen-bond acceptors (Lipinski definition) is 4. The molecular weight excluding hydrogens is 289 g/mol. The van der Waals surface area contributed by atoms with Gasteiger partial charge in [0.25, 0.3) is 0 Å². The van der Waals surface area contributed by atoms with Gasteiger partial charge in [-0.1, -0.05) is 32.6 Å². The fraction of sp³-hybridized carbons (Fsp3) is 1.00. The monoisotopic (exact) mass is 305 g/mol. The molecule has 6 heteroatoms. The zero-order chi connectivity index (χ0) is 10.5. The van der Waals surface area contributed by atoms with Crippen LogP contribution in [0, 0.1) is 0 Å². The largest absolute Gasteiger partial charge is 0.793 e. The molecule has 0 aliphatic heterocycles. The van der Waals surface area contributed by atoms with Crippen molar-refractivity contribution in [2.75, 3.05) is 0 Å². The maximum absolute atomic E-state index is 11.7. The minimum absolute atomic E-state index is 0. The molecule has 0 rings (SSSR count). The Morgan fingerprint density at radius 3 is 2.21 bits per heavy atom. The van der Waals surface area contributed by atoms with Crippen LogP contribution in [0.25, 0.3) is 0 Å². The zero-order valence-electron chi connectivity index (χ0n) is 9.36. The van der Waals surface area contributed by atoms with Crippen LogP contribution >= 0.6 is 17.1 Å². The van der Waals surface area contributed by atoms with E-state index in [4.69, 9.17) is 16.3 Å². The van der Waals surface area contributed by atoms with Gasteiger partial charge in [-0.15, -0.1) is 11.4 Å². The third-order valence-corrected chi connectivity index (χ3v) is 6.48. The molecule has 0 heterocycles. The molecule has 0 amide bonds. The van der Waals surface area contributed by atoms with Crippen LogP contribution in [0.5, 0.6) is 0 Å². The molecule has 0 aliphatic carbocycles. The van der Waals surface area contributed by atoms with Crippen LogP contribution in [0.3, 0.4) is 0 Å². The molecule has 0 aliphatic rings. The first-order valence-electron chi connectivity index (χ1n) is 4.59. The predicted octanol–water partition coefficient (Wildman–Crippen LogP) is 2.92. The van der Waals surface area contributed by atoms with Crippen molar-refractivity contribution in [2.45, 2.75) is 51.9 Å². The first kappa shape index (κ1) is 17.9. The van der Waals surface area contributed by atoms with E-state index >= 15 is 0 Å². The van der Waals surface area contributed by atoms with Crippen molar-refractivity contribution < 1.29 is 28.9 Å². The number of rotatable bonds is 6. The van der Waals surface area contributed by atoms with Gasteiger partial charge in [-0.3, -0.25) is 0 Å². The summed E-state index contributed by atoms with van der Waals surface area (Å²) in [6, 6.07) is 0. The fourth-order valence-electron chi connectivity index (χ4n) is 0.615. The Balaban J connectivity index is 0. The predicted molar refractivity (Wildman–Crippen MR) is 62.5 cm³/mol. The first-order valence-corrected chi connectivity index (χ1v) is 8.71. The number of hydrogen-bond donors (Lipinski definition) is 0. The molecule has 0 aromatic heterocycles. The molecule has 0 bridgehead atoms. The van der Waals surface area contributed by atoms with E-state index in [9.17, 15) is 4.89 Å². The van der Waals surface area contributed by atoms with Crippen LogP contribution in [-0.2, 0) is 35.8 Å². The van der Waals surface area contributed by atoms with Crippen molar-refractivity contribution in [3.05, 3.63) is 0 Å². The first-order chi connectivity index (χ1) is 5.91. The second-order valence-corrected chi connectivity index (χ2v) is 9.43. The normalized spacial score (nSPS) is 19.2. The van der Waals surface area contributed by atoms with Gasteiger partial charge in [0.15, 0.2) is 0 Å². The quantitative estimate of drug-likeness (QED) is 0.558. The van der Waals surface area contributed by atoms with Gasteiger partial charge in [0.1, 0.15) is 0 Å². The average molecular weight is 307 g/mol. The standard InChI is InChI=1S/C8H19O2PS2.Zn/c1-5-7(3)10-11(9,12)13-8(4)6-2;/h7-8H,5-6H2,1-4H3,(H,9,12);/p-1. The van der Waals surface area contributed by atoms with Crippen LogP contribution in [0.4, 0.5) is 0 Å². The minimum atomic E-state index is -2.84. The summed E-state index contributed by atoms with van der Waals surface area (Å²) in [6.45, 7) is 7.96. The van der Waals surface area contributed by atoms with Crippen LogP contribution in [-0.4, -0.2) is 11.4 Å². The molecule has 0 saturated heterocycles. The van der Waals surface area contributed by atoms with Crippen LogP contribution in [0.1, 0.15) is 40.5 Å². The second kappa shape index (κ2) is 8.67. The molecule has 3 atom stereocenters. The van der Waals surface area contributed by atoms with Crippen molar-refractivity contribution in [1.82, 2.24) is 0 Å². The molecular formula is C8H18O2PS2Zn-.